The van der Waals surface area contributed by atoms with Crippen molar-refractivity contribution in [1.29, 1.82) is 0 Å². The van der Waals surface area contributed by atoms with Gasteiger partial charge in [0.2, 0.25) is 0 Å². The summed E-state index contributed by atoms with van der Waals surface area (Å²) in [5.41, 5.74) is 0. The summed E-state index contributed by atoms with van der Waals surface area (Å²) in [4.78, 5) is 8.69. The monoisotopic (exact) mass is 295 g/mol. The maximum absolute atomic E-state index is 4.41. The van der Waals surface area contributed by atoms with Gasteiger partial charge in [-0.15, -0.1) is 0 Å². The molecule has 1 N–H and O–H groups in total. The van der Waals surface area contributed by atoms with Crippen LogP contribution in [-0.4, -0.2) is 17.0 Å². The zero-order chi connectivity index (χ0) is 11.4. The van der Waals surface area contributed by atoms with Crippen LogP contribution < -0.4 is 5.32 Å². The molecular formula is C11H10BrN3S. The standard InChI is InChI=1S/C11H10BrN3S/c1-13-9-3-2-4-11(15-9)16-10-6-5-8(12)7-14-10/h2-7H,1H3,(H,13,15). The first kappa shape index (κ1) is 11.4. The number of hydrogen-bond donors (Lipinski definition) is 1. The number of aromatic nitrogens is 2. The van der Waals surface area contributed by atoms with E-state index < -0.39 is 0 Å². The number of nitrogens with one attached hydrogen (secondary N) is 1. The van der Waals surface area contributed by atoms with Crippen molar-refractivity contribution >= 4 is 33.5 Å². The molecule has 16 heavy (non-hydrogen) atoms. The Hall–Kier alpha value is -1.07. The first-order chi connectivity index (χ1) is 7.78. The number of pyridine rings is 2. The van der Waals surface area contributed by atoms with Crippen molar-refractivity contribution in [2.75, 3.05) is 12.4 Å². The van der Waals surface area contributed by atoms with Gasteiger partial charge in [-0.05, 0) is 40.2 Å². The molecule has 0 bridgehead atoms. The average Bonchev–Trinajstić information content (AvgIpc) is 2.32. The first-order valence-corrected chi connectivity index (χ1v) is 6.33. The summed E-state index contributed by atoms with van der Waals surface area (Å²) in [6, 6.07) is 9.80. The normalized spacial score (nSPS) is 10.1. The summed E-state index contributed by atoms with van der Waals surface area (Å²) in [5, 5.41) is 4.88. The number of anilines is 1. The molecule has 82 valence electrons. The molecule has 0 atom stereocenters. The summed E-state index contributed by atoms with van der Waals surface area (Å²) in [6.45, 7) is 0. The third kappa shape index (κ3) is 2.96. The molecule has 0 aliphatic rings. The molecule has 5 heteroatoms. The predicted molar refractivity (Wildman–Crippen MR) is 69.8 cm³/mol. The Labute approximate surface area is 107 Å². The number of hydrogen-bond acceptors (Lipinski definition) is 4. The number of halogens is 1. The summed E-state index contributed by atoms with van der Waals surface area (Å²) in [7, 11) is 1.86. The molecule has 0 saturated carbocycles. The SMILES string of the molecule is CNc1cccc(Sc2ccc(Br)cn2)n1. The molecule has 0 unspecified atom stereocenters. The van der Waals surface area contributed by atoms with Gasteiger partial charge in [-0.25, -0.2) is 9.97 Å². The lowest BCUT2D eigenvalue weighted by atomic mass is 10.5. The van der Waals surface area contributed by atoms with Crippen LogP contribution in [0.1, 0.15) is 0 Å². The maximum atomic E-state index is 4.41. The lowest BCUT2D eigenvalue weighted by Crippen LogP contribution is -1.92. The Bertz CT molecular complexity index is 473. The van der Waals surface area contributed by atoms with Gasteiger partial charge in [0, 0.05) is 17.7 Å². The molecule has 2 heterocycles. The second-order valence-corrected chi connectivity index (χ2v) is 4.98. The van der Waals surface area contributed by atoms with Crippen molar-refractivity contribution in [2.24, 2.45) is 0 Å². The van der Waals surface area contributed by atoms with E-state index in [0.29, 0.717) is 0 Å². The molecule has 0 amide bonds. The van der Waals surface area contributed by atoms with Crippen molar-refractivity contribution in [1.82, 2.24) is 9.97 Å². The minimum absolute atomic E-state index is 0.863. The highest BCUT2D eigenvalue weighted by Crippen LogP contribution is 2.25. The van der Waals surface area contributed by atoms with Gasteiger partial charge in [-0.1, -0.05) is 17.8 Å². The molecule has 0 aliphatic heterocycles. The smallest absolute Gasteiger partial charge is 0.127 e. The van der Waals surface area contributed by atoms with E-state index in [9.17, 15) is 0 Å². The second kappa shape index (κ2) is 5.32. The van der Waals surface area contributed by atoms with Gasteiger partial charge < -0.3 is 5.32 Å². The van der Waals surface area contributed by atoms with E-state index in [0.717, 1.165) is 20.3 Å². The summed E-state index contributed by atoms with van der Waals surface area (Å²) in [5.74, 6) is 0.863. The van der Waals surface area contributed by atoms with Gasteiger partial charge in [0.25, 0.3) is 0 Å². The predicted octanol–water partition coefficient (Wildman–Crippen LogP) is 3.43. The fourth-order valence-corrected chi connectivity index (χ4v) is 2.12. The van der Waals surface area contributed by atoms with Gasteiger partial charge >= 0.3 is 0 Å². The van der Waals surface area contributed by atoms with Gasteiger partial charge in [0.05, 0.1) is 0 Å². The Morgan fingerprint density at radius 3 is 2.75 bits per heavy atom. The van der Waals surface area contributed by atoms with Crippen LogP contribution in [0.3, 0.4) is 0 Å². The molecular weight excluding hydrogens is 286 g/mol. The Balaban J connectivity index is 2.16. The van der Waals surface area contributed by atoms with Crippen LogP contribution in [0.5, 0.6) is 0 Å². The van der Waals surface area contributed by atoms with Crippen molar-refractivity contribution in [2.45, 2.75) is 10.1 Å². The Morgan fingerprint density at radius 1 is 1.19 bits per heavy atom. The summed E-state index contributed by atoms with van der Waals surface area (Å²) in [6.07, 6.45) is 1.78. The van der Waals surface area contributed by atoms with Gasteiger partial charge in [-0.2, -0.15) is 0 Å². The van der Waals surface area contributed by atoms with Crippen LogP contribution in [0.4, 0.5) is 5.82 Å². The number of nitrogens with zero attached hydrogens (tertiary/aromatic N) is 2. The highest BCUT2D eigenvalue weighted by Gasteiger charge is 2.00. The fourth-order valence-electron chi connectivity index (χ4n) is 1.14. The molecule has 0 spiro atoms. The van der Waals surface area contributed by atoms with Crippen molar-refractivity contribution in [3.05, 3.63) is 41.0 Å². The fraction of sp³-hybridized carbons (Fsp3) is 0.0909. The van der Waals surface area contributed by atoms with Crippen molar-refractivity contribution in [3.8, 4) is 0 Å². The maximum Gasteiger partial charge on any atom is 0.127 e. The van der Waals surface area contributed by atoms with Crippen molar-refractivity contribution < 1.29 is 0 Å². The van der Waals surface area contributed by atoms with Crippen LogP contribution in [0.15, 0.2) is 51.1 Å². The Morgan fingerprint density at radius 2 is 2.06 bits per heavy atom. The van der Waals surface area contributed by atoms with E-state index in [4.69, 9.17) is 0 Å². The molecule has 3 nitrogen and oxygen atoms in total. The molecule has 0 saturated heterocycles. The van der Waals surface area contributed by atoms with E-state index in [-0.39, 0.29) is 0 Å². The second-order valence-electron chi connectivity index (χ2n) is 3.03. The molecule has 0 aliphatic carbocycles. The molecule has 0 radical (unpaired) electrons. The quantitative estimate of drug-likeness (QED) is 0.941. The van der Waals surface area contributed by atoms with Gasteiger partial charge in [0.15, 0.2) is 0 Å². The largest absolute Gasteiger partial charge is 0.373 e. The van der Waals surface area contributed by atoms with Crippen molar-refractivity contribution in [3.63, 3.8) is 0 Å². The highest BCUT2D eigenvalue weighted by molar-refractivity contribution is 9.10. The molecule has 2 aromatic heterocycles. The van der Waals surface area contributed by atoms with Gasteiger partial charge in [-0.3, -0.25) is 0 Å². The zero-order valence-electron chi connectivity index (χ0n) is 8.64. The highest BCUT2D eigenvalue weighted by atomic mass is 79.9. The summed E-state index contributed by atoms with van der Waals surface area (Å²) >= 11 is 4.90. The Kier molecular flexibility index (Phi) is 3.79. The third-order valence-corrected chi connectivity index (χ3v) is 3.25. The van der Waals surface area contributed by atoms with Crippen LogP contribution in [0, 0.1) is 0 Å². The lowest BCUT2D eigenvalue weighted by Gasteiger charge is -2.02. The van der Waals surface area contributed by atoms with Crippen LogP contribution in [0.2, 0.25) is 0 Å². The topological polar surface area (TPSA) is 37.8 Å². The van der Waals surface area contributed by atoms with E-state index >= 15 is 0 Å². The molecule has 0 aromatic carbocycles. The van der Waals surface area contributed by atoms with Crippen LogP contribution >= 0.6 is 27.7 Å². The third-order valence-electron chi connectivity index (χ3n) is 1.89. The van der Waals surface area contributed by atoms with E-state index in [1.807, 2.05) is 37.4 Å². The van der Waals surface area contributed by atoms with Gasteiger partial charge in [0.1, 0.15) is 15.9 Å². The molecule has 2 aromatic rings. The zero-order valence-corrected chi connectivity index (χ0v) is 11.0. The minimum Gasteiger partial charge on any atom is -0.373 e. The summed E-state index contributed by atoms with van der Waals surface area (Å²) < 4.78 is 0.980. The van der Waals surface area contributed by atoms with Crippen LogP contribution in [0.25, 0.3) is 0 Å². The average molecular weight is 296 g/mol. The van der Waals surface area contributed by atoms with Crippen LogP contribution in [-0.2, 0) is 0 Å². The van der Waals surface area contributed by atoms with E-state index in [2.05, 4.69) is 31.2 Å². The molecule has 0 fully saturated rings. The minimum atomic E-state index is 0.863. The van der Waals surface area contributed by atoms with E-state index in [1.165, 1.54) is 0 Å². The number of rotatable bonds is 3. The molecule has 2 rings (SSSR count). The van der Waals surface area contributed by atoms with E-state index in [1.54, 1.807) is 18.0 Å². The first-order valence-electron chi connectivity index (χ1n) is 4.72. The lowest BCUT2D eigenvalue weighted by molar-refractivity contribution is 1.09.